The van der Waals surface area contributed by atoms with E-state index in [2.05, 4.69) is 9.71 Å². The lowest BCUT2D eigenvalue weighted by Crippen LogP contribution is -2.15. The highest BCUT2D eigenvalue weighted by atomic mass is 32.2. The smallest absolute Gasteiger partial charge is 0.263 e. The first-order valence-corrected chi connectivity index (χ1v) is 6.88. The Kier molecular flexibility index (Phi) is 3.67. The molecular weight excluding hydrogens is 293 g/mol. The molecule has 0 aliphatic rings. The van der Waals surface area contributed by atoms with Crippen LogP contribution < -0.4 is 4.72 Å². The van der Waals surface area contributed by atoms with E-state index in [1.165, 1.54) is 12.3 Å². The SMILES string of the molecule is O=S(=O)(Nc1ccccn1)c1cccc(C(F)(F)F)c1. The van der Waals surface area contributed by atoms with Gasteiger partial charge in [-0.05, 0) is 30.3 Å². The molecule has 0 saturated carbocycles. The lowest BCUT2D eigenvalue weighted by atomic mass is 10.2. The monoisotopic (exact) mass is 302 g/mol. The lowest BCUT2D eigenvalue weighted by Gasteiger charge is -2.10. The molecule has 2 aromatic rings. The fourth-order valence-corrected chi connectivity index (χ4v) is 2.51. The second-order valence-corrected chi connectivity index (χ2v) is 5.53. The van der Waals surface area contributed by atoms with Gasteiger partial charge in [-0.15, -0.1) is 0 Å². The van der Waals surface area contributed by atoms with Crippen molar-refractivity contribution in [1.29, 1.82) is 0 Å². The van der Waals surface area contributed by atoms with Crippen LogP contribution in [0.2, 0.25) is 0 Å². The predicted octanol–water partition coefficient (Wildman–Crippen LogP) is 2.90. The van der Waals surface area contributed by atoms with Gasteiger partial charge in [-0.25, -0.2) is 13.4 Å². The standard InChI is InChI=1S/C12H9F3N2O2S/c13-12(14,15)9-4-3-5-10(8-9)20(18,19)17-11-6-1-2-7-16-11/h1-8H,(H,16,17). The van der Waals surface area contributed by atoms with Gasteiger partial charge in [-0.2, -0.15) is 13.2 Å². The second-order valence-electron chi connectivity index (χ2n) is 3.85. The first-order valence-electron chi connectivity index (χ1n) is 5.40. The van der Waals surface area contributed by atoms with Crippen molar-refractivity contribution in [1.82, 2.24) is 4.98 Å². The molecule has 0 fully saturated rings. The summed E-state index contributed by atoms with van der Waals surface area (Å²) in [5, 5.41) is 0. The predicted molar refractivity (Wildman–Crippen MR) is 66.5 cm³/mol. The first kappa shape index (κ1) is 14.3. The number of pyridine rings is 1. The van der Waals surface area contributed by atoms with E-state index < -0.39 is 26.7 Å². The molecule has 0 atom stereocenters. The van der Waals surface area contributed by atoms with Crippen LogP contribution >= 0.6 is 0 Å². The molecule has 0 aliphatic heterocycles. The van der Waals surface area contributed by atoms with E-state index >= 15 is 0 Å². The molecule has 0 unspecified atom stereocenters. The number of aromatic nitrogens is 1. The summed E-state index contributed by atoms with van der Waals surface area (Å²) >= 11 is 0. The van der Waals surface area contributed by atoms with Gasteiger partial charge in [0.25, 0.3) is 10.0 Å². The van der Waals surface area contributed by atoms with Gasteiger partial charge in [0.05, 0.1) is 10.5 Å². The lowest BCUT2D eigenvalue weighted by molar-refractivity contribution is -0.137. The maximum absolute atomic E-state index is 12.6. The molecule has 106 valence electrons. The summed E-state index contributed by atoms with van der Waals surface area (Å²) in [5.74, 6) is 0.0323. The molecule has 1 aromatic heterocycles. The van der Waals surface area contributed by atoms with Crippen LogP contribution in [0.1, 0.15) is 5.56 Å². The number of hydrogen-bond acceptors (Lipinski definition) is 3. The quantitative estimate of drug-likeness (QED) is 0.948. The molecule has 0 bridgehead atoms. The van der Waals surface area contributed by atoms with Gasteiger partial charge in [0, 0.05) is 6.20 Å². The second kappa shape index (κ2) is 5.12. The number of halogens is 3. The fourth-order valence-electron chi connectivity index (χ4n) is 1.46. The minimum absolute atomic E-state index is 0.0323. The van der Waals surface area contributed by atoms with Crippen LogP contribution in [0.5, 0.6) is 0 Å². The Morgan fingerprint density at radius 3 is 2.40 bits per heavy atom. The summed E-state index contributed by atoms with van der Waals surface area (Å²) in [6, 6.07) is 8.03. The Bertz CT molecular complexity index is 700. The molecule has 1 heterocycles. The van der Waals surface area contributed by atoms with Gasteiger partial charge in [0.1, 0.15) is 5.82 Å². The molecule has 0 aliphatic carbocycles. The van der Waals surface area contributed by atoms with Gasteiger partial charge >= 0.3 is 6.18 Å². The van der Waals surface area contributed by atoms with E-state index in [1.807, 2.05) is 0 Å². The van der Waals surface area contributed by atoms with Crippen molar-refractivity contribution in [3.63, 3.8) is 0 Å². The Morgan fingerprint density at radius 2 is 1.80 bits per heavy atom. The van der Waals surface area contributed by atoms with Gasteiger partial charge in [0.2, 0.25) is 0 Å². The van der Waals surface area contributed by atoms with Crippen molar-refractivity contribution in [3.8, 4) is 0 Å². The number of hydrogen-bond donors (Lipinski definition) is 1. The van der Waals surface area contributed by atoms with Crippen molar-refractivity contribution in [3.05, 3.63) is 54.2 Å². The number of nitrogens with one attached hydrogen (secondary N) is 1. The number of alkyl halides is 3. The van der Waals surface area contributed by atoms with Gasteiger partial charge in [-0.3, -0.25) is 4.72 Å². The molecule has 0 spiro atoms. The maximum Gasteiger partial charge on any atom is 0.416 e. The Hall–Kier alpha value is -2.09. The van der Waals surface area contributed by atoms with Crippen LogP contribution in [0.15, 0.2) is 53.6 Å². The normalized spacial score (nSPS) is 12.2. The summed E-state index contributed by atoms with van der Waals surface area (Å²) in [4.78, 5) is 3.27. The van der Waals surface area contributed by atoms with Gasteiger partial charge in [0.15, 0.2) is 0 Å². The highest BCUT2D eigenvalue weighted by molar-refractivity contribution is 7.92. The van der Waals surface area contributed by atoms with Crippen molar-refractivity contribution in [2.45, 2.75) is 11.1 Å². The summed E-state index contributed by atoms with van der Waals surface area (Å²) < 4.78 is 63.7. The average Bonchev–Trinajstić information content (AvgIpc) is 2.38. The first-order chi connectivity index (χ1) is 9.29. The van der Waals surface area contributed by atoms with Crippen LogP contribution in [0.3, 0.4) is 0 Å². The number of benzene rings is 1. The van der Waals surface area contributed by atoms with Crippen molar-refractivity contribution < 1.29 is 21.6 Å². The van der Waals surface area contributed by atoms with Gasteiger partial charge in [-0.1, -0.05) is 12.1 Å². The third kappa shape index (κ3) is 3.27. The average molecular weight is 302 g/mol. The third-order valence-corrected chi connectivity index (χ3v) is 3.73. The molecule has 4 nitrogen and oxygen atoms in total. The maximum atomic E-state index is 12.6. The zero-order chi connectivity index (χ0) is 14.8. The van der Waals surface area contributed by atoms with Crippen LogP contribution in [-0.2, 0) is 16.2 Å². The zero-order valence-electron chi connectivity index (χ0n) is 9.92. The van der Waals surface area contributed by atoms with E-state index in [0.29, 0.717) is 6.07 Å². The van der Waals surface area contributed by atoms with Crippen molar-refractivity contribution >= 4 is 15.8 Å². The summed E-state index contributed by atoms with van der Waals surface area (Å²) in [5.41, 5.74) is -1.03. The summed E-state index contributed by atoms with van der Waals surface area (Å²) in [7, 11) is -4.11. The highest BCUT2D eigenvalue weighted by Gasteiger charge is 2.31. The molecule has 0 radical (unpaired) electrons. The van der Waals surface area contributed by atoms with Gasteiger partial charge < -0.3 is 0 Å². The fraction of sp³-hybridized carbons (Fsp3) is 0.0833. The molecule has 0 saturated heterocycles. The topological polar surface area (TPSA) is 59.1 Å². The Labute approximate surface area is 113 Å². The number of sulfonamides is 1. The molecular formula is C12H9F3N2O2S. The Morgan fingerprint density at radius 1 is 1.05 bits per heavy atom. The third-order valence-electron chi connectivity index (χ3n) is 2.38. The van der Waals surface area contributed by atoms with Crippen molar-refractivity contribution in [2.75, 3.05) is 4.72 Å². The zero-order valence-corrected chi connectivity index (χ0v) is 10.7. The van der Waals surface area contributed by atoms with Crippen LogP contribution in [0.4, 0.5) is 19.0 Å². The van der Waals surface area contributed by atoms with Crippen LogP contribution in [0.25, 0.3) is 0 Å². The molecule has 2 rings (SSSR count). The van der Waals surface area contributed by atoms with E-state index in [0.717, 1.165) is 18.2 Å². The summed E-state index contributed by atoms with van der Waals surface area (Å²) in [6.07, 6.45) is -3.24. The molecule has 1 aromatic carbocycles. The largest absolute Gasteiger partial charge is 0.416 e. The minimum atomic E-state index is -4.60. The highest BCUT2D eigenvalue weighted by Crippen LogP contribution is 2.30. The molecule has 0 amide bonds. The molecule has 8 heteroatoms. The molecule has 20 heavy (non-hydrogen) atoms. The van der Waals surface area contributed by atoms with E-state index in [9.17, 15) is 21.6 Å². The number of nitrogens with zero attached hydrogens (tertiary/aromatic N) is 1. The number of anilines is 1. The van der Waals surface area contributed by atoms with Crippen molar-refractivity contribution in [2.24, 2.45) is 0 Å². The number of rotatable bonds is 3. The van der Waals surface area contributed by atoms with E-state index in [4.69, 9.17) is 0 Å². The Balaban J connectivity index is 2.35. The summed E-state index contributed by atoms with van der Waals surface area (Å²) in [6.45, 7) is 0. The van der Waals surface area contributed by atoms with E-state index in [-0.39, 0.29) is 5.82 Å². The van der Waals surface area contributed by atoms with Crippen LogP contribution in [-0.4, -0.2) is 13.4 Å². The molecule has 1 N–H and O–H groups in total. The minimum Gasteiger partial charge on any atom is -0.263 e. The van der Waals surface area contributed by atoms with E-state index in [1.54, 1.807) is 12.1 Å². The van der Waals surface area contributed by atoms with Crippen LogP contribution in [0, 0.1) is 0 Å².